The van der Waals surface area contributed by atoms with E-state index in [1.165, 1.54) is 11.3 Å². The van der Waals surface area contributed by atoms with Gasteiger partial charge in [-0.05, 0) is 15.9 Å². The highest BCUT2D eigenvalue weighted by Gasteiger charge is 2.08. The molecule has 0 N–H and O–H groups in total. The second-order valence-corrected chi connectivity index (χ2v) is 5.83. The van der Waals surface area contributed by atoms with Crippen molar-refractivity contribution in [3.63, 3.8) is 0 Å². The number of hydrogen-bond acceptors (Lipinski definition) is 6. The Morgan fingerprint density at radius 2 is 2.36 bits per heavy atom. The van der Waals surface area contributed by atoms with Crippen LogP contribution in [0.15, 0.2) is 15.5 Å². The van der Waals surface area contributed by atoms with E-state index in [-0.39, 0.29) is 0 Å². The van der Waals surface area contributed by atoms with Gasteiger partial charge in [0.15, 0.2) is 3.92 Å². The molecular formula is C7H7BrN4S2. The van der Waals surface area contributed by atoms with E-state index < -0.39 is 0 Å². The van der Waals surface area contributed by atoms with Crippen LogP contribution < -0.4 is 4.90 Å². The summed E-state index contributed by atoms with van der Waals surface area (Å²) in [5.74, 6) is 0. The van der Waals surface area contributed by atoms with E-state index >= 15 is 0 Å². The summed E-state index contributed by atoms with van der Waals surface area (Å²) in [5, 5.41) is 11.9. The van der Waals surface area contributed by atoms with Crippen LogP contribution in [-0.2, 0) is 6.54 Å². The van der Waals surface area contributed by atoms with E-state index in [1.54, 1.807) is 11.3 Å². The third-order valence-electron chi connectivity index (χ3n) is 1.57. The molecule has 0 radical (unpaired) electrons. The lowest BCUT2D eigenvalue weighted by molar-refractivity contribution is 0.883. The standard InChI is InChI=1S/C7H7BrN4S2/c1-12(4-5-9-2-3-13-5)7-11-10-6(8)14-7/h2-3H,4H2,1H3. The summed E-state index contributed by atoms with van der Waals surface area (Å²) >= 11 is 6.44. The van der Waals surface area contributed by atoms with Crippen molar-refractivity contribution in [2.24, 2.45) is 0 Å². The van der Waals surface area contributed by atoms with Gasteiger partial charge in [0.2, 0.25) is 5.13 Å². The number of rotatable bonds is 3. The van der Waals surface area contributed by atoms with Crippen LogP contribution in [0, 0.1) is 0 Å². The van der Waals surface area contributed by atoms with Crippen molar-refractivity contribution in [3.8, 4) is 0 Å². The van der Waals surface area contributed by atoms with Gasteiger partial charge in [-0.25, -0.2) is 4.98 Å². The molecule has 0 aliphatic rings. The summed E-state index contributed by atoms with van der Waals surface area (Å²) in [4.78, 5) is 6.24. The molecule has 0 saturated heterocycles. The molecule has 0 unspecified atom stereocenters. The van der Waals surface area contributed by atoms with Gasteiger partial charge >= 0.3 is 0 Å². The maximum absolute atomic E-state index is 4.21. The van der Waals surface area contributed by atoms with E-state index in [2.05, 4.69) is 31.1 Å². The smallest absolute Gasteiger partial charge is 0.209 e. The van der Waals surface area contributed by atoms with Crippen LogP contribution in [0.2, 0.25) is 0 Å². The van der Waals surface area contributed by atoms with Crippen LogP contribution in [0.5, 0.6) is 0 Å². The average Bonchev–Trinajstić information content (AvgIpc) is 2.75. The van der Waals surface area contributed by atoms with Crippen LogP contribution >= 0.6 is 38.6 Å². The first kappa shape index (κ1) is 10.0. The Hall–Kier alpha value is -0.530. The quantitative estimate of drug-likeness (QED) is 0.871. The number of nitrogens with zero attached hydrogens (tertiary/aromatic N) is 4. The highest BCUT2D eigenvalue weighted by Crippen LogP contribution is 2.24. The Labute approximate surface area is 97.8 Å². The average molecular weight is 291 g/mol. The third kappa shape index (κ3) is 2.28. The molecule has 0 aromatic carbocycles. The summed E-state index contributed by atoms with van der Waals surface area (Å²) in [6.07, 6.45) is 1.81. The lowest BCUT2D eigenvalue weighted by Crippen LogP contribution is -2.15. The Bertz CT molecular complexity index is 399. The van der Waals surface area contributed by atoms with Crippen LogP contribution in [0.25, 0.3) is 0 Å². The molecule has 0 aliphatic carbocycles. The van der Waals surface area contributed by atoms with Crippen molar-refractivity contribution < 1.29 is 0 Å². The summed E-state index contributed by atoms with van der Waals surface area (Å²) in [6, 6.07) is 0. The van der Waals surface area contributed by atoms with Crippen molar-refractivity contribution >= 4 is 43.7 Å². The van der Waals surface area contributed by atoms with Gasteiger partial charge in [0, 0.05) is 18.6 Å². The second kappa shape index (κ2) is 4.33. The topological polar surface area (TPSA) is 41.9 Å². The molecule has 0 saturated carbocycles. The predicted molar refractivity (Wildman–Crippen MR) is 61.8 cm³/mol. The molecule has 0 aliphatic heterocycles. The Kier molecular flexibility index (Phi) is 3.09. The first-order chi connectivity index (χ1) is 6.75. The molecule has 0 spiro atoms. The van der Waals surface area contributed by atoms with Gasteiger partial charge in [0.05, 0.1) is 6.54 Å². The van der Waals surface area contributed by atoms with Gasteiger partial charge in [0.25, 0.3) is 0 Å². The fourth-order valence-corrected chi connectivity index (χ4v) is 2.67. The number of halogens is 1. The van der Waals surface area contributed by atoms with Crippen molar-refractivity contribution in [3.05, 3.63) is 20.5 Å². The van der Waals surface area contributed by atoms with Gasteiger partial charge in [0.1, 0.15) is 5.01 Å². The van der Waals surface area contributed by atoms with Crippen molar-refractivity contribution in [2.75, 3.05) is 11.9 Å². The highest BCUT2D eigenvalue weighted by atomic mass is 79.9. The zero-order valence-corrected chi connectivity index (χ0v) is 10.6. The second-order valence-electron chi connectivity index (χ2n) is 2.62. The van der Waals surface area contributed by atoms with E-state index in [0.29, 0.717) is 0 Å². The molecule has 0 bridgehead atoms. The van der Waals surface area contributed by atoms with E-state index in [0.717, 1.165) is 20.6 Å². The normalized spacial score (nSPS) is 10.4. The molecule has 7 heteroatoms. The van der Waals surface area contributed by atoms with Gasteiger partial charge in [-0.15, -0.1) is 21.5 Å². The maximum atomic E-state index is 4.21. The van der Waals surface area contributed by atoms with Crippen LogP contribution in [0.1, 0.15) is 5.01 Å². The lowest BCUT2D eigenvalue weighted by atomic mass is 10.6. The first-order valence-electron chi connectivity index (χ1n) is 3.84. The lowest BCUT2D eigenvalue weighted by Gasteiger charge is -2.12. The van der Waals surface area contributed by atoms with Gasteiger partial charge < -0.3 is 4.90 Å². The Morgan fingerprint density at radius 3 is 2.93 bits per heavy atom. The number of hydrogen-bond donors (Lipinski definition) is 0. The van der Waals surface area contributed by atoms with Gasteiger partial charge in [-0.1, -0.05) is 11.3 Å². The minimum Gasteiger partial charge on any atom is -0.343 e. The van der Waals surface area contributed by atoms with E-state index in [9.17, 15) is 0 Å². The minimum atomic E-state index is 0.777. The molecule has 14 heavy (non-hydrogen) atoms. The summed E-state index contributed by atoms with van der Waals surface area (Å²) in [7, 11) is 1.98. The molecule has 2 heterocycles. The Balaban J connectivity index is 2.06. The molecule has 0 amide bonds. The van der Waals surface area contributed by atoms with Crippen molar-refractivity contribution in [1.29, 1.82) is 0 Å². The molecule has 2 rings (SSSR count). The fraction of sp³-hybridized carbons (Fsp3) is 0.286. The molecule has 2 aromatic heterocycles. The third-order valence-corrected chi connectivity index (χ3v) is 3.81. The number of thiazole rings is 1. The summed E-state index contributed by atoms with van der Waals surface area (Å²) in [6.45, 7) is 0.777. The van der Waals surface area contributed by atoms with E-state index in [1.807, 2.05) is 23.5 Å². The molecule has 0 fully saturated rings. The van der Waals surface area contributed by atoms with Crippen LogP contribution in [0.3, 0.4) is 0 Å². The SMILES string of the molecule is CN(Cc1nccs1)c1nnc(Br)s1. The summed E-state index contributed by atoms with van der Waals surface area (Å²) < 4.78 is 0.804. The first-order valence-corrected chi connectivity index (χ1v) is 6.33. The predicted octanol–water partition coefficient (Wildman–Crippen LogP) is 2.39. The molecule has 4 nitrogen and oxygen atoms in total. The van der Waals surface area contributed by atoms with Gasteiger partial charge in [-0.3, -0.25) is 0 Å². The Morgan fingerprint density at radius 1 is 1.50 bits per heavy atom. The van der Waals surface area contributed by atoms with Crippen LogP contribution in [-0.4, -0.2) is 22.2 Å². The highest BCUT2D eigenvalue weighted by molar-refractivity contribution is 9.11. The fourth-order valence-electron chi connectivity index (χ4n) is 0.954. The minimum absolute atomic E-state index is 0.777. The molecule has 2 aromatic rings. The summed E-state index contributed by atoms with van der Waals surface area (Å²) in [5.41, 5.74) is 0. The zero-order chi connectivity index (χ0) is 9.97. The van der Waals surface area contributed by atoms with Crippen molar-refractivity contribution in [2.45, 2.75) is 6.54 Å². The van der Waals surface area contributed by atoms with Gasteiger partial charge in [-0.2, -0.15) is 0 Å². The molecule has 74 valence electrons. The van der Waals surface area contributed by atoms with Crippen LogP contribution in [0.4, 0.5) is 5.13 Å². The molecule has 0 atom stereocenters. The largest absolute Gasteiger partial charge is 0.343 e. The molecular weight excluding hydrogens is 284 g/mol. The monoisotopic (exact) mass is 290 g/mol. The number of anilines is 1. The maximum Gasteiger partial charge on any atom is 0.209 e. The van der Waals surface area contributed by atoms with E-state index in [4.69, 9.17) is 0 Å². The zero-order valence-electron chi connectivity index (χ0n) is 7.35. The number of aromatic nitrogens is 3. The van der Waals surface area contributed by atoms with Crippen molar-refractivity contribution in [1.82, 2.24) is 15.2 Å².